The molecular formula is C6H10O2S. The molecular weight excluding hydrogens is 136 g/mol. The standard InChI is InChI=1S/C6H10O2S/c1-5(7)6-2-3-9(8)4-6/h6H,2-4H2,1H3. The number of Topliss-reactive ketones (excluding diaryl/α,β-unsaturated/α-hetero) is 1. The van der Waals surface area contributed by atoms with Gasteiger partial charge in [0.15, 0.2) is 0 Å². The van der Waals surface area contributed by atoms with Crippen molar-refractivity contribution in [2.24, 2.45) is 5.92 Å². The van der Waals surface area contributed by atoms with Gasteiger partial charge in [-0.3, -0.25) is 9.00 Å². The first-order valence-electron chi connectivity index (χ1n) is 3.05. The minimum atomic E-state index is -0.694. The molecule has 2 atom stereocenters. The second kappa shape index (κ2) is 2.60. The fraction of sp³-hybridized carbons (Fsp3) is 0.833. The van der Waals surface area contributed by atoms with Crippen LogP contribution < -0.4 is 0 Å². The molecule has 0 aromatic heterocycles. The van der Waals surface area contributed by atoms with Crippen molar-refractivity contribution in [2.75, 3.05) is 11.5 Å². The molecule has 0 saturated carbocycles. The summed E-state index contributed by atoms with van der Waals surface area (Å²) >= 11 is 0. The monoisotopic (exact) mass is 146 g/mol. The molecule has 1 heterocycles. The summed E-state index contributed by atoms with van der Waals surface area (Å²) in [5.41, 5.74) is 0. The summed E-state index contributed by atoms with van der Waals surface area (Å²) in [7, 11) is -0.694. The van der Waals surface area contributed by atoms with Crippen molar-refractivity contribution in [1.29, 1.82) is 0 Å². The Morgan fingerprint density at radius 2 is 2.33 bits per heavy atom. The molecule has 0 bridgehead atoms. The fourth-order valence-corrected chi connectivity index (χ4v) is 2.55. The maximum absolute atomic E-state index is 10.7. The van der Waals surface area contributed by atoms with Gasteiger partial charge >= 0.3 is 0 Å². The van der Waals surface area contributed by atoms with E-state index in [-0.39, 0.29) is 11.7 Å². The molecule has 0 aromatic carbocycles. The van der Waals surface area contributed by atoms with Gasteiger partial charge in [0.25, 0.3) is 0 Å². The molecule has 1 aliphatic rings. The van der Waals surface area contributed by atoms with Gasteiger partial charge in [-0.1, -0.05) is 0 Å². The highest BCUT2D eigenvalue weighted by molar-refractivity contribution is 7.85. The van der Waals surface area contributed by atoms with E-state index in [1.165, 1.54) is 0 Å². The zero-order valence-corrected chi connectivity index (χ0v) is 6.24. The lowest BCUT2D eigenvalue weighted by molar-refractivity contribution is -0.119. The topological polar surface area (TPSA) is 34.1 Å². The van der Waals surface area contributed by atoms with Gasteiger partial charge in [-0.05, 0) is 13.3 Å². The average molecular weight is 146 g/mol. The molecule has 0 aromatic rings. The maximum Gasteiger partial charge on any atom is 0.133 e. The number of carbonyl (C=O) groups is 1. The van der Waals surface area contributed by atoms with Crippen LogP contribution in [0.25, 0.3) is 0 Å². The number of hydrogen-bond acceptors (Lipinski definition) is 2. The first-order chi connectivity index (χ1) is 4.20. The van der Waals surface area contributed by atoms with Crippen molar-refractivity contribution in [3.05, 3.63) is 0 Å². The van der Waals surface area contributed by atoms with Crippen molar-refractivity contribution in [3.63, 3.8) is 0 Å². The van der Waals surface area contributed by atoms with Crippen LogP contribution in [0, 0.1) is 5.92 Å². The lowest BCUT2D eigenvalue weighted by atomic mass is 10.1. The molecule has 1 rings (SSSR count). The van der Waals surface area contributed by atoms with Crippen LogP contribution in [0.1, 0.15) is 13.3 Å². The highest BCUT2D eigenvalue weighted by Crippen LogP contribution is 2.15. The molecule has 1 aliphatic heterocycles. The summed E-state index contributed by atoms with van der Waals surface area (Å²) in [5.74, 6) is 1.63. The number of ketones is 1. The van der Waals surface area contributed by atoms with Crippen LogP contribution >= 0.6 is 0 Å². The van der Waals surface area contributed by atoms with Crippen LogP contribution in [0.3, 0.4) is 0 Å². The predicted octanol–water partition coefficient (Wildman–Crippen LogP) is 0.344. The summed E-state index contributed by atoms with van der Waals surface area (Å²) in [6, 6.07) is 0. The van der Waals surface area contributed by atoms with Crippen molar-refractivity contribution in [1.82, 2.24) is 0 Å². The third-order valence-corrected chi connectivity index (χ3v) is 3.12. The predicted molar refractivity (Wildman–Crippen MR) is 36.7 cm³/mol. The second-order valence-electron chi connectivity index (χ2n) is 2.41. The molecule has 2 nitrogen and oxygen atoms in total. The number of hydrogen-bond donors (Lipinski definition) is 0. The smallest absolute Gasteiger partial charge is 0.133 e. The van der Waals surface area contributed by atoms with Crippen LogP contribution in [0.5, 0.6) is 0 Å². The highest BCUT2D eigenvalue weighted by atomic mass is 32.2. The molecule has 0 radical (unpaired) electrons. The second-order valence-corrected chi connectivity index (χ2v) is 4.03. The first kappa shape index (κ1) is 6.93. The maximum atomic E-state index is 10.7. The Morgan fingerprint density at radius 3 is 2.56 bits per heavy atom. The van der Waals surface area contributed by atoms with Crippen molar-refractivity contribution < 1.29 is 9.00 Å². The van der Waals surface area contributed by atoms with E-state index >= 15 is 0 Å². The molecule has 1 saturated heterocycles. The van der Waals surface area contributed by atoms with Gasteiger partial charge in [-0.15, -0.1) is 0 Å². The van der Waals surface area contributed by atoms with Crippen LogP contribution in [-0.4, -0.2) is 21.5 Å². The molecule has 0 N–H and O–H groups in total. The van der Waals surface area contributed by atoms with Gasteiger partial charge in [-0.25, -0.2) is 0 Å². The quantitative estimate of drug-likeness (QED) is 0.534. The molecule has 1 fully saturated rings. The van der Waals surface area contributed by atoms with Crippen LogP contribution in [0.4, 0.5) is 0 Å². The Balaban J connectivity index is 2.48. The van der Waals surface area contributed by atoms with Gasteiger partial charge in [0, 0.05) is 28.2 Å². The Labute approximate surface area is 57.1 Å². The summed E-state index contributed by atoms with van der Waals surface area (Å²) in [6.45, 7) is 1.58. The van der Waals surface area contributed by atoms with E-state index in [0.717, 1.165) is 12.2 Å². The van der Waals surface area contributed by atoms with Gasteiger partial charge < -0.3 is 0 Å². The lowest BCUT2D eigenvalue weighted by Crippen LogP contribution is -2.09. The Bertz CT molecular complexity index is 153. The Kier molecular flexibility index (Phi) is 2.01. The van der Waals surface area contributed by atoms with E-state index in [1.807, 2.05) is 0 Å². The van der Waals surface area contributed by atoms with E-state index < -0.39 is 10.8 Å². The zero-order chi connectivity index (χ0) is 6.85. The molecule has 2 unspecified atom stereocenters. The van der Waals surface area contributed by atoms with E-state index in [2.05, 4.69) is 0 Å². The van der Waals surface area contributed by atoms with Crippen molar-refractivity contribution in [3.8, 4) is 0 Å². The van der Waals surface area contributed by atoms with E-state index in [0.29, 0.717) is 5.75 Å². The Hall–Kier alpha value is -0.180. The van der Waals surface area contributed by atoms with E-state index in [4.69, 9.17) is 0 Å². The highest BCUT2D eigenvalue weighted by Gasteiger charge is 2.24. The zero-order valence-electron chi connectivity index (χ0n) is 5.42. The lowest BCUT2D eigenvalue weighted by Gasteiger charge is -1.97. The summed E-state index contributed by atoms with van der Waals surface area (Å²) in [6.07, 6.45) is 0.835. The SMILES string of the molecule is CC(=O)C1CCS(=O)C1. The third-order valence-electron chi connectivity index (χ3n) is 1.66. The van der Waals surface area contributed by atoms with Crippen LogP contribution in [-0.2, 0) is 15.6 Å². The summed E-state index contributed by atoms with van der Waals surface area (Å²) in [4.78, 5) is 10.7. The van der Waals surface area contributed by atoms with Crippen molar-refractivity contribution in [2.45, 2.75) is 13.3 Å². The van der Waals surface area contributed by atoms with Crippen LogP contribution in [0.15, 0.2) is 0 Å². The van der Waals surface area contributed by atoms with Gasteiger partial charge in [0.1, 0.15) is 5.78 Å². The van der Waals surface area contributed by atoms with Gasteiger partial charge in [-0.2, -0.15) is 0 Å². The van der Waals surface area contributed by atoms with Crippen molar-refractivity contribution >= 4 is 16.6 Å². The fourth-order valence-electron chi connectivity index (χ4n) is 0.985. The number of carbonyl (C=O) groups excluding carboxylic acids is 1. The van der Waals surface area contributed by atoms with Gasteiger partial charge in [0.05, 0.1) is 0 Å². The molecule has 0 amide bonds. The minimum absolute atomic E-state index is 0.103. The average Bonchev–Trinajstić information content (AvgIpc) is 2.14. The van der Waals surface area contributed by atoms with E-state index in [1.54, 1.807) is 6.92 Å². The molecule has 0 spiro atoms. The normalized spacial score (nSPS) is 34.8. The van der Waals surface area contributed by atoms with E-state index in [9.17, 15) is 9.00 Å². The first-order valence-corrected chi connectivity index (χ1v) is 4.54. The Morgan fingerprint density at radius 1 is 1.67 bits per heavy atom. The molecule has 9 heavy (non-hydrogen) atoms. The summed E-state index contributed by atoms with van der Waals surface area (Å²) in [5, 5.41) is 0. The largest absolute Gasteiger partial charge is 0.300 e. The summed E-state index contributed by atoms with van der Waals surface area (Å²) < 4.78 is 10.7. The third kappa shape index (κ3) is 1.61. The molecule has 3 heteroatoms. The van der Waals surface area contributed by atoms with Crippen LogP contribution in [0.2, 0.25) is 0 Å². The molecule has 0 aliphatic carbocycles. The minimum Gasteiger partial charge on any atom is -0.300 e. The van der Waals surface area contributed by atoms with Gasteiger partial charge in [0.2, 0.25) is 0 Å². The number of rotatable bonds is 1. The molecule has 52 valence electrons.